The molecular weight excluding hydrogens is 234 g/mol. The SMILES string of the molecule is [2H]c1c([2H])c([2H])c(C(N/C(C)=C\C(=O)OC)C(=O)O)c([2H])c1[2H]. The van der Waals surface area contributed by atoms with Gasteiger partial charge in [-0.25, -0.2) is 9.59 Å². The number of nitrogens with one attached hydrogen (secondary N) is 1. The maximum atomic E-state index is 11.5. The number of aliphatic carboxylic acids is 1. The number of benzene rings is 1. The minimum atomic E-state index is -1.62. The number of carboxylic acid groups (broad SMARTS) is 1. The monoisotopic (exact) mass is 254 g/mol. The first-order valence-electron chi connectivity index (χ1n) is 7.44. The predicted molar refractivity (Wildman–Crippen MR) is 65.7 cm³/mol. The van der Waals surface area contributed by atoms with Gasteiger partial charge < -0.3 is 15.2 Å². The molecule has 0 aliphatic carbocycles. The Labute approximate surface area is 112 Å². The van der Waals surface area contributed by atoms with Crippen molar-refractivity contribution in [1.82, 2.24) is 5.32 Å². The van der Waals surface area contributed by atoms with Crippen LogP contribution in [0.25, 0.3) is 0 Å². The van der Waals surface area contributed by atoms with Gasteiger partial charge in [-0.05, 0) is 12.5 Å². The summed E-state index contributed by atoms with van der Waals surface area (Å²) in [6.07, 6.45) is 0.991. The molecular formula is C13H15NO4. The summed E-state index contributed by atoms with van der Waals surface area (Å²) in [5.41, 5.74) is -0.308. The van der Waals surface area contributed by atoms with Crippen LogP contribution in [0.5, 0.6) is 0 Å². The highest BCUT2D eigenvalue weighted by molar-refractivity contribution is 5.83. The molecule has 0 amide bonds. The third-order valence-corrected chi connectivity index (χ3v) is 1.96. The first-order valence-corrected chi connectivity index (χ1v) is 4.94. The van der Waals surface area contributed by atoms with E-state index in [0.717, 1.165) is 13.2 Å². The van der Waals surface area contributed by atoms with Crippen LogP contribution in [0.4, 0.5) is 0 Å². The number of hydrogen-bond donors (Lipinski definition) is 2. The van der Waals surface area contributed by atoms with Gasteiger partial charge in [0.05, 0.1) is 14.0 Å². The lowest BCUT2D eigenvalue weighted by Gasteiger charge is -2.16. The third-order valence-electron chi connectivity index (χ3n) is 1.96. The summed E-state index contributed by atoms with van der Waals surface area (Å²) < 4.78 is 42.7. The Morgan fingerprint density at radius 3 is 2.56 bits per heavy atom. The zero-order valence-electron chi connectivity index (χ0n) is 14.8. The van der Waals surface area contributed by atoms with Crippen molar-refractivity contribution in [3.63, 3.8) is 0 Å². The summed E-state index contributed by atoms with van der Waals surface area (Å²) in [5.74, 6) is -2.18. The van der Waals surface area contributed by atoms with Crippen LogP contribution in [0.3, 0.4) is 0 Å². The zero-order valence-corrected chi connectivity index (χ0v) is 9.83. The molecule has 1 aromatic carbocycles. The van der Waals surface area contributed by atoms with Gasteiger partial charge in [0.15, 0.2) is 0 Å². The molecule has 0 saturated heterocycles. The molecule has 0 heterocycles. The molecule has 0 aliphatic heterocycles. The van der Waals surface area contributed by atoms with Gasteiger partial charge in [-0.2, -0.15) is 0 Å². The number of allylic oxidation sites excluding steroid dienone is 1. The van der Waals surface area contributed by atoms with Crippen LogP contribution in [0, 0.1) is 0 Å². The molecule has 0 bridgehead atoms. The number of methoxy groups -OCH3 is 1. The Kier molecular flexibility index (Phi) is 2.83. The first-order chi connectivity index (χ1) is 10.6. The fourth-order valence-corrected chi connectivity index (χ4v) is 1.17. The lowest BCUT2D eigenvalue weighted by molar-refractivity contribution is -0.139. The van der Waals surface area contributed by atoms with Gasteiger partial charge in [0.1, 0.15) is 6.04 Å². The molecule has 0 saturated carbocycles. The van der Waals surface area contributed by atoms with E-state index in [1.54, 1.807) is 0 Å². The highest BCUT2D eigenvalue weighted by atomic mass is 16.5. The van der Waals surface area contributed by atoms with E-state index in [0.29, 0.717) is 0 Å². The van der Waals surface area contributed by atoms with Gasteiger partial charge in [0.25, 0.3) is 0 Å². The van der Waals surface area contributed by atoms with Crippen molar-refractivity contribution in [2.75, 3.05) is 7.11 Å². The van der Waals surface area contributed by atoms with Crippen LogP contribution in [-0.2, 0) is 14.3 Å². The Bertz CT molecular complexity index is 660. The van der Waals surface area contributed by atoms with Gasteiger partial charge in [-0.3, -0.25) is 0 Å². The number of carbonyl (C=O) groups excluding carboxylic acids is 1. The van der Waals surface area contributed by atoms with E-state index < -0.39 is 53.8 Å². The Balaban J connectivity index is 3.41. The molecule has 0 spiro atoms. The van der Waals surface area contributed by atoms with E-state index in [2.05, 4.69) is 10.1 Å². The quantitative estimate of drug-likeness (QED) is 0.615. The van der Waals surface area contributed by atoms with Crippen molar-refractivity contribution >= 4 is 11.9 Å². The molecule has 1 aromatic rings. The number of esters is 1. The molecule has 1 rings (SSSR count). The number of carboxylic acids is 1. The van der Waals surface area contributed by atoms with Gasteiger partial charge in [-0.1, -0.05) is 30.2 Å². The molecule has 5 heteroatoms. The van der Waals surface area contributed by atoms with Crippen LogP contribution < -0.4 is 5.32 Å². The average molecular weight is 254 g/mol. The lowest BCUT2D eigenvalue weighted by atomic mass is 10.1. The molecule has 0 fully saturated rings. The van der Waals surface area contributed by atoms with E-state index in [9.17, 15) is 14.7 Å². The smallest absolute Gasteiger partial charge is 0.332 e. The first kappa shape index (κ1) is 7.92. The fraction of sp³-hybridized carbons (Fsp3) is 0.231. The normalized spacial score (nSPS) is 16.6. The molecule has 96 valence electrons. The average Bonchev–Trinajstić information content (AvgIpc) is 2.49. The summed E-state index contributed by atoms with van der Waals surface area (Å²) in [7, 11) is 1.15. The van der Waals surface area contributed by atoms with E-state index in [-0.39, 0.29) is 5.70 Å². The molecule has 2 N–H and O–H groups in total. The molecule has 18 heavy (non-hydrogen) atoms. The van der Waals surface area contributed by atoms with E-state index >= 15 is 0 Å². The van der Waals surface area contributed by atoms with Gasteiger partial charge in [0, 0.05) is 11.8 Å². The van der Waals surface area contributed by atoms with Gasteiger partial charge >= 0.3 is 11.9 Å². The topological polar surface area (TPSA) is 75.6 Å². The van der Waals surface area contributed by atoms with Crippen molar-refractivity contribution in [3.05, 3.63) is 47.5 Å². The molecule has 1 atom stereocenters. The highest BCUT2D eigenvalue weighted by Gasteiger charge is 2.19. The largest absolute Gasteiger partial charge is 0.479 e. The summed E-state index contributed by atoms with van der Waals surface area (Å²) in [5, 5.41) is 11.8. The summed E-state index contributed by atoms with van der Waals surface area (Å²) in [4.78, 5) is 22.6. The van der Waals surface area contributed by atoms with Crippen LogP contribution in [0.2, 0.25) is 0 Å². The minimum Gasteiger partial charge on any atom is -0.479 e. The molecule has 0 aliphatic rings. The Morgan fingerprint density at radius 2 is 2.06 bits per heavy atom. The number of ether oxygens (including phenoxy) is 1. The second kappa shape index (κ2) is 6.44. The third kappa shape index (κ3) is 3.93. The van der Waals surface area contributed by atoms with Crippen molar-refractivity contribution in [2.24, 2.45) is 0 Å². The second-order valence-corrected chi connectivity index (χ2v) is 3.30. The highest BCUT2D eigenvalue weighted by Crippen LogP contribution is 2.14. The molecule has 1 unspecified atom stereocenters. The van der Waals surface area contributed by atoms with Crippen molar-refractivity contribution in [2.45, 2.75) is 13.0 Å². The second-order valence-electron chi connectivity index (χ2n) is 3.30. The summed E-state index contributed by atoms with van der Waals surface area (Å²) >= 11 is 0. The Hall–Kier alpha value is -2.30. The van der Waals surface area contributed by atoms with Crippen molar-refractivity contribution in [3.8, 4) is 0 Å². The van der Waals surface area contributed by atoms with Gasteiger partial charge in [-0.15, -0.1) is 0 Å². The van der Waals surface area contributed by atoms with Crippen molar-refractivity contribution in [1.29, 1.82) is 0 Å². The fourth-order valence-electron chi connectivity index (χ4n) is 1.17. The molecule has 0 radical (unpaired) electrons. The predicted octanol–water partition coefficient (Wildman–Crippen LogP) is 1.48. The van der Waals surface area contributed by atoms with Crippen LogP contribution >= 0.6 is 0 Å². The minimum absolute atomic E-state index is 0.107. The van der Waals surface area contributed by atoms with E-state index in [1.165, 1.54) is 6.92 Å². The van der Waals surface area contributed by atoms with E-state index in [4.69, 9.17) is 6.85 Å². The Morgan fingerprint density at radius 1 is 1.44 bits per heavy atom. The molecule has 5 nitrogen and oxygen atoms in total. The van der Waals surface area contributed by atoms with Crippen LogP contribution in [-0.4, -0.2) is 24.2 Å². The van der Waals surface area contributed by atoms with Gasteiger partial charge in [0.2, 0.25) is 0 Å². The number of hydrogen-bond acceptors (Lipinski definition) is 4. The lowest BCUT2D eigenvalue weighted by Crippen LogP contribution is -2.27. The van der Waals surface area contributed by atoms with E-state index in [1.807, 2.05) is 0 Å². The van der Waals surface area contributed by atoms with Crippen LogP contribution in [0.1, 0.15) is 25.4 Å². The zero-order chi connectivity index (χ0) is 17.9. The standard InChI is InChI=1S/C13H15NO4/c1-9(8-11(15)18-2)14-12(13(16)17)10-6-4-3-5-7-10/h3-8,12,14H,1-2H3,(H,16,17)/b9-8-/i3D,4D,5D,6D,7D. The van der Waals surface area contributed by atoms with Crippen molar-refractivity contribution < 1.29 is 26.3 Å². The number of rotatable bonds is 5. The summed E-state index contributed by atoms with van der Waals surface area (Å²) in [6.45, 7) is 1.39. The molecule has 0 aromatic heterocycles. The maximum Gasteiger partial charge on any atom is 0.332 e. The number of carbonyl (C=O) groups is 2. The van der Waals surface area contributed by atoms with Crippen LogP contribution in [0.15, 0.2) is 42.0 Å². The summed E-state index contributed by atoms with van der Waals surface area (Å²) in [6, 6.07) is -4.75. The maximum absolute atomic E-state index is 11.5.